The summed E-state index contributed by atoms with van der Waals surface area (Å²) >= 11 is 0. The number of rotatable bonds is 3. The SMILES string of the molecule is CCN(CC)C(=O)c1c[c]c(F)cc1. The molecular weight excluding hydrogens is 181 g/mol. The van der Waals surface area contributed by atoms with Gasteiger partial charge in [0.15, 0.2) is 0 Å². The topological polar surface area (TPSA) is 20.3 Å². The van der Waals surface area contributed by atoms with E-state index in [4.69, 9.17) is 0 Å². The molecule has 0 unspecified atom stereocenters. The molecule has 0 spiro atoms. The molecular formula is C11H13FNO. The van der Waals surface area contributed by atoms with Gasteiger partial charge >= 0.3 is 0 Å². The van der Waals surface area contributed by atoms with E-state index >= 15 is 0 Å². The van der Waals surface area contributed by atoms with Crippen LogP contribution < -0.4 is 0 Å². The van der Waals surface area contributed by atoms with Gasteiger partial charge < -0.3 is 4.90 Å². The first-order chi connectivity index (χ1) is 6.69. The van der Waals surface area contributed by atoms with E-state index < -0.39 is 5.82 Å². The standard InChI is InChI=1S/C11H13FNO/c1-3-13(4-2)11(14)9-5-7-10(12)8-6-9/h5-7H,3-4H2,1-2H3. The Hall–Kier alpha value is -1.38. The third-order valence-electron chi connectivity index (χ3n) is 2.07. The van der Waals surface area contributed by atoms with Crippen molar-refractivity contribution >= 4 is 5.91 Å². The highest BCUT2D eigenvalue weighted by Crippen LogP contribution is 2.05. The Bertz CT molecular complexity index is 304. The Labute approximate surface area is 83.3 Å². The molecule has 75 valence electrons. The van der Waals surface area contributed by atoms with Gasteiger partial charge in [0.2, 0.25) is 0 Å². The van der Waals surface area contributed by atoms with Gasteiger partial charge in [-0.25, -0.2) is 4.39 Å². The second-order valence-corrected chi connectivity index (χ2v) is 2.90. The van der Waals surface area contributed by atoms with Crippen molar-refractivity contribution in [3.05, 3.63) is 35.6 Å². The van der Waals surface area contributed by atoms with Gasteiger partial charge in [0.05, 0.1) is 0 Å². The fourth-order valence-corrected chi connectivity index (χ4v) is 1.23. The quantitative estimate of drug-likeness (QED) is 0.721. The van der Waals surface area contributed by atoms with Crippen molar-refractivity contribution in [2.75, 3.05) is 13.1 Å². The molecule has 0 aliphatic carbocycles. The van der Waals surface area contributed by atoms with Gasteiger partial charge in [-0.3, -0.25) is 4.79 Å². The number of hydrogen-bond donors (Lipinski definition) is 0. The molecule has 0 saturated heterocycles. The molecule has 0 aliphatic rings. The van der Waals surface area contributed by atoms with E-state index in [1.807, 2.05) is 13.8 Å². The second kappa shape index (κ2) is 4.74. The van der Waals surface area contributed by atoms with Crippen LogP contribution >= 0.6 is 0 Å². The van der Waals surface area contributed by atoms with Crippen molar-refractivity contribution < 1.29 is 9.18 Å². The van der Waals surface area contributed by atoms with E-state index in [2.05, 4.69) is 6.07 Å². The van der Waals surface area contributed by atoms with E-state index in [1.54, 1.807) is 4.90 Å². The van der Waals surface area contributed by atoms with Crippen LogP contribution in [0.1, 0.15) is 24.2 Å². The minimum Gasteiger partial charge on any atom is -0.339 e. The third-order valence-corrected chi connectivity index (χ3v) is 2.07. The lowest BCUT2D eigenvalue weighted by Crippen LogP contribution is -2.30. The zero-order valence-corrected chi connectivity index (χ0v) is 8.38. The van der Waals surface area contributed by atoms with E-state index in [0.717, 1.165) is 0 Å². The average Bonchev–Trinajstić information content (AvgIpc) is 2.20. The molecule has 1 aromatic carbocycles. The Balaban J connectivity index is 2.83. The summed E-state index contributed by atoms with van der Waals surface area (Å²) in [7, 11) is 0. The molecule has 1 rings (SSSR count). The van der Waals surface area contributed by atoms with E-state index in [-0.39, 0.29) is 5.91 Å². The second-order valence-electron chi connectivity index (χ2n) is 2.90. The molecule has 1 aromatic rings. The smallest absolute Gasteiger partial charge is 0.253 e. The lowest BCUT2D eigenvalue weighted by molar-refractivity contribution is 0.0773. The molecule has 3 heteroatoms. The van der Waals surface area contributed by atoms with Crippen molar-refractivity contribution in [2.24, 2.45) is 0 Å². The summed E-state index contributed by atoms with van der Waals surface area (Å²) in [6, 6.07) is 6.48. The molecule has 14 heavy (non-hydrogen) atoms. The normalized spacial score (nSPS) is 9.93. The number of hydrogen-bond acceptors (Lipinski definition) is 1. The molecule has 2 nitrogen and oxygen atoms in total. The van der Waals surface area contributed by atoms with Crippen molar-refractivity contribution in [2.45, 2.75) is 13.8 Å². The van der Waals surface area contributed by atoms with Gasteiger partial charge in [-0.2, -0.15) is 0 Å². The molecule has 0 bridgehead atoms. The van der Waals surface area contributed by atoms with Crippen LogP contribution in [0.15, 0.2) is 18.2 Å². The highest BCUT2D eigenvalue weighted by atomic mass is 19.1. The fraction of sp³-hybridized carbons (Fsp3) is 0.364. The average molecular weight is 194 g/mol. The van der Waals surface area contributed by atoms with Gasteiger partial charge in [-0.1, -0.05) is 0 Å². The summed E-state index contributed by atoms with van der Waals surface area (Å²) in [6.45, 7) is 5.14. The summed E-state index contributed by atoms with van der Waals surface area (Å²) in [5.74, 6) is -0.521. The van der Waals surface area contributed by atoms with Crippen molar-refractivity contribution in [3.63, 3.8) is 0 Å². The molecule has 1 radical (unpaired) electrons. The van der Waals surface area contributed by atoms with Crippen LogP contribution in [0.2, 0.25) is 0 Å². The van der Waals surface area contributed by atoms with E-state index in [0.29, 0.717) is 18.7 Å². The van der Waals surface area contributed by atoms with Gasteiger partial charge in [0.1, 0.15) is 5.82 Å². The minimum absolute atomic E-state index is 0.0775. The van der Waals surface area contributed by atoms with Gasteiger partial charge in [0.25, 0.3) is 5.91 Å². The molecule has 0 N–H and O–H groups in total. The van der Waals surface area contributed by atoms with Crippen molar-refractivity contribution in [1.29, 1.82) is 0 Å². The van der Waals surface area contributed by atoms with Crippen LogP contribution in [-0.2, 0) is 0 Å². The largest absolute Gasteiger partial charge is 0.339 e. The summed E-state index contributed by atoms with van der Waals surface area (Å²) in [5, 5.41) is 0. The number of nitrogens with zero attached hydrogens (tertiary/aromatic N) is 1. The lowest BCUT2D eigenvalue weighted by Gasteiger charge is -2.18. The summed E-state index contributed by atoms with van der Waals surface area (Å²) < 4.78 is 12.5. The summed E-state index contributed by atoms with van der Waals surface area (Å²) in [6.07, 6.45) is 0. The van der Waals surface area contributed by atoms with Gasteiger partial charge in [-0.15, -0.1) is 0 Å². The van der Waals surface area contributed by atoms with Crippen LogP contribution in [0, 0.1) is 11.9 Å². The molecule has 1 amide bonds. The first-order valence-electron chi connectivity index (χ1n) is 4.65. The molecule has 0 saturated carbocycles. The molecule has 0 aliphatic heterocycles. The molecule has 0 heterocycles. The Morgan fingerprint density at radius 1 is 1.43 bits per heavy atom. The maximum atomic E-state index is 12.5. The third kappa shape index (κ3) is 2.31. The molecule has 0 fully saturated rings. The van der Waals surface area contributed by atoms with Crippen LogP contribution in [-0.4, -0.2) is 23.9 Å². The molecule has 0 atom stereocenters. The maximum Gasteiger partial charge on any atom is 0.253 e. The predicted octanol–water partition coefficient (Wildman–Crippen LogP) is 2.11. The zero-order chi connectivity index (χ0) is 10.6. The number of amides is 1. The Kier molecular flexibility index (Phi) is 3.63. The van der Waals surface area contributed by atoms with Crippen molar-refractivity contribution in [3.8, 4) is 0 Å². The predicted molar refractivity (Wildman–Crippen MR) is 52.5 cm³/mol. The van der Waals surface area contributed by atoms with Crippen LogP contribution in [0.25, 0.3) is 0 Å². The minimum atomic E-state index is -0.443. The van der Waals surface area contributed by atoms with Crippen molar-refractivity contribution in [1.82, 2.24) is 4.90 Å². The monoisotopic (exact) mass is 194 g/mol. The van der Waals surface area contributed by atoms with Crippen LogP contribution in [0.5, 0.6) is 0 Å². The van der Waals surface area contributed by atoms with Crippen LogP contribution in [0.4, 0.5) is 4.39 Å². The number of carbonyl (C=O) groups excluding carboxylic acids is 1. The molecule has 0 aromatic heterocycles. The number of carbonyl (C=O) groups is 1. The zero-order valence-electron chi connectivity index (χ0n) is 8.38. The first kappa shape index (κ1) is 10.7. The Morgan fingerprint density at radius 3 is 2.50 bits per heavy atom. The van der Waals surface area contributed by atoms with Gasteiger partial charge in [-0.05, 0) is 32.0 Å². The Morgan fingerprint density at radius 2 is 2.07 bits per heavy atom. The number of benzene rings is 1. The maximum absolute atomic E-state index is 12.5. The van der Waals surface area contributed by atoms with Crippen LogP contribution in [0.3, 0.4) is 0 Å². The lowest BCUT2D eigenvalue weighted by atomic mass is 10.2. The van der Waals surface area contributed by atoms with E-state index in [1.165, 1.54) is 18.2 Å². The highest BCUT2D eigenvalue weighted by molar-refractivity contribution is 5.94. The number of halogens is 1. The van der Waals surface area contributed by atoms with E-state index in [9.17, 15) is 9.18 Å². The first-order valence-corrected chi connectivity index (χ1v) is 4.65. The summed E-state index contributed by atoms with van der Waals surface area (Å²) in [5.41, 5.74) is 0.482. The van der Waals surface area contributed by atoms with Gasteiger partial charge in [0, 0.05) is 24.7 Å². The fourth-order valence-electron chi connectivity index (χ4n) is 1.23. The highest BCUT2D eigenvalue weighted by Gasteiger charge is 2.11. The summed E-state index contributed by atoms with van der Waals surface area (Å²) in [4.78, 5) is 13.4.